The van der Waals surface area contributed by atoms with Crippen LogP contribution in [0.2, 0.25) is 0 Å². The standard InChI is InChI=1S/C35H44N7O20P3S/c1-35(2,28(46)31(47)38-12-11-24(44)37-13-14-66-34(49)20-8-4-6-10-22(20)60-33(48)19-7-3-5-9-21(19)43)16-58-65(55,56)62-64(53,54)57-15-23-27(61-63(50,51)52)26(45)32(59-23)42-18-41-25-29(36)39-17-40-30(25)42/h3-10,17-18,23,26-28,32,43,45-46H,11-16H2,1-2H3,(H,37,44)(H,38,47)(H,53,54)(H,55,56)(H2,36,39,40)(H2,50,51,52). The van der Waals surface area contributed by atoms with E-state index in [0.29, 0.717) is 0 Å². The summed E-state index contributed by atoms with van der Waals surface area (Å²) >= 11 is 0.823. The lowest BCUT2D eigenvalue weighted by Gasteiger charge is -2.30. The molecule has 27 nitrogen and oxygen atoms in total. The first kappa shape index (κ1) is 52.2. The van der Waals surface area contributed by atoms with Crippen molar-refractivity contribution >= 4 is 75.1 Å². The molecule has 0 radical (unpaired) electrons. The third-order valence-electron chi connectivity index (χ3n) is 9.17. The first-order chi connectivity index (χ1) is 30.9. The number of phosphoric ester groups is 3. The SMILES string of the molecule is CC(C)(COP(=O)(O)OP(=O)(O)OCC1OC(n2cnc3c(N)ncnc32)C(O)C1OP(=O)(O)O)C(O)C(=O)NCCC(=O)NCCSC(=O)c1ccccc1OC(=O)c1ccccc1O. The van der Waals surface area contributed by atoms with Gasteiger partial charge in [-0.25, -0.2) is 33.4 Å². The molecule has 7 atom stereocenters. The minimum absolute atomic E-state index is 0.0149. The number of hydrogen-bond donors (Lipinski definition) is 10. The zero-order chi connectivity index (χ0) is 48.6. The Kier molecular flexibility index (Phi) is 17.4. The number of phenols is 1. The number of hydrogen-bond acceptors (Lipinski definition) is 21. The highest BCUT2D eigenvalue weighted by atomic mass is 32.2. The topological polar surface area (TPSA) is 410 Å². The van der Waals surface area contributed by atoms with Crippen molar-refractivity contribution in [2.45, 2.75) is 50.9 Å². The van der Waals surface area contributed by atoms with Crippen molar-refractivity contribution in [1.82, 2.24) is 30.2 Å². The van der Waals surface area contributed by atoms with Gasteiger partial charge in [-0.05, 0) is 24.3 Å². The van der Waals surface area contributed by atoms with Gasteiger partial charge in [0.1, 0.15) is 53.3 Å². The monoisotopic (exact) mass is 1010 g/mol. The van der Waals surface area contributed by atoms with Gasteiger partial charge in [-0.2, -0.15) is 4.31 Å². The lowest BCUT2D eigenvalue weighted by Crippen LogP contribution is -2.46. The van der Waals surface area contributed by atoms with Crippen LogP contribution in [0.15, 0.2) is 61.2 Å². The van der Waals surface area contributed by atoms with Crippen LogP contribution < -0.4 is 21.1 Å². The number of benzene rings is 2. The van der Waals surface area contributed by atoms with E-state index < -0.39 is 95.6 Å². The Hall–Kier alpha value is -4.73. The minimum Gasteiger partial charge on any atom is -0.507 e. The van der Waals surface area contributed by atoms with Crippen molar-refractivity contribution in [1.29, 1.82) is 0 Å². The molecule has 1 aliphatic heterocycles. The average Bonchev–Trinajstić information content (AvgIpc) is 3.80. The fourth-order valence-electron chi connectivity index (χ4n) is 5.88. The fourth-order valence-corrected chi connectivity index (χ4v) is 9.42. The molecule has 11 N–H and O–H groups in total. The summed E-state index contributed by atoms with van der Waals surface area (Å²) in [5, 5.41) is 35.9. The number of aliphatic hydroxyl groups is 2. The number of rotatable bonds is 22. The number of carbonyl (C=O) groups excluding carboxylic acids is 4. The summed E-state index contributed by atoms with van der Waals surface area (Å²) in [4.78, 5) is 102. The van der Waals surface area contributed by atoms with Gasteiger partial charge >= 0.3 is 29.4 Å². The van der Waals surface area contributed by atoms with Crippen molar-refractivity contribution in [2.75, 3.05) is 37.8 Å². The molecule has 360 valence electrons. The second-order valence-electron chi connectivity index (χ2n) is 14.6. The number of anilines is 1. The number of ether oxygens (including phenoxy) is 2. The molecule has 1 aliphatic rings. The molecule has 2 aromatic carbocycles. The van der Waals surface area contributed by atoms with E-state index in [4.69, 9.17) is 24.3 Å². The highest BCUT2D eigenvalue weighted by Gasteiger charge is 2.50. The maximum Gasteiger partial charge on any atom is 0.481 e. The minimum atomic E-state index is -5.61. The Morgan fingerprint density at radius 2 is 1.61 bits per heavy atom. The number of phosphoric acid groups is 3. The van der Waals surface area contributed by atoms with Gasteiger partial charge in [0.2, 0.25) is 16.9 Å². The van der Waals surface area contributed by atoms with Crippen LogP contribution in [0.25, 0.3) is 11.2 Å². The third-order valence-corrected chi connectivity index (χ3v) is 13.2. The van der Waals surface area contributed by atoms with Gasteiger partial charge in [0.15, 0.2) is 17.7 Å². The molecule has 5 rings (SSSR count). The molecule has 2 amide bonds. The number of esters is 1. The Balaban J connectivity index is 1.03. The number of nitrogen functional groups attached to an aromatic ring is 1. The zero-order valence-electron chi connectivity index (χ0n) is 34.5. The Bertz CT molecular complexity index is 2560. The second-order valence-corrected chi connectivity index (χ2v) is 19.9. The molecule has 2 aromatic heterocycles. The Labute approximate surface area is 377 Å². The highest BCUT2D eigenvalue weighted by molar-refractivity contribution is 8.14. The molecular formula is C35H44N7O20P3S. The number of nitrogens with two attached hydrogens (primary N) is 1. The van der Waals surface area contributed by atoms with Crippen LogP contribution in [0.5, 0.6) is 11.5 Å². The summed E-state index contributed by atoms with van der Waals surface area (Å²) in [6.07, 6.45) is -7.19. The molecule has 4 aromatic rings. The molecular weight excluding hydrogens is 963 g/mol. The maximum absolute atomic E-state index is 12.9. The zero-order valence-corrected chi connectivity index (χ0v) is 38.0. The summed E-state index contributed by atoms with van der Waals surface area (Å²) in [5.74, 6) is -2.74. The summed E-state index contributed by atoms with van der Waals surface area (Å²) in [6.45, 7) is 0.0930. The first-order valence-electron chi connectivity index (χ1n) is 19.0. The summed E-state index contributed by atoms with van der Waals surface area (Å²) in [7, 11) is -16.5. The first-order valence-corrected chi connectivity index (χ1v) is 24.5. The van der Waals surface area contributed by atoms with Crippen molar-refractivity contribution in [2.24, 2.45) is 5.41 Å². The van der Waals surface area contributed by atoms with E-state index in [0.717, 1.165) is 29.0 Å². The highest BCUT2D eigenvalue weighted by Crippen LogP contribution is 2.61. The predicted molar refractivity (Wildman–Crippen MR) is 226 cm³/mol. The van der Waals surface area contributed by atoms with Gasteiger partial charge < -0.3 is 60.7 Å². The number of carbonyl (C=O) groups is 4. The number of para-hydroxylation sites is 2. The number of amides is 2. The van der Waals surface area contributed by atoms with Gasteiger partial charge in [-0.3, -0.25) is 32.5 Å². The van der Waals surface area contributed by atoms with Crippen LogP contribution in [0.4, 0.5) is 5.82 Å². The largest absolute Gasteiger partial charge is 0.507 e. The maximum atomic E-state index is 12.9. The number of thioether (sulfide) groups is 1. The van der Waals surface area contributed by atoms with Crippen molar-refractivity contribution < 1.29 is 95.1 Å². The van der Waals surface area contributed by atoms with E-state index in [1.807, 2.05) is 0 Å². The van der Waals surface area contributed by atoms with Gasteiger partial charge in [0.25, 0.3) is 0 Å². The number of phenolic OH excluding ortho intramolecular Hbond substituents is 1. The van der Waals surface area contributed by atoms with E-state index in [-0.39, 0.29) is 64.9 Å². The Morgan fingerprint density at radius 3 is 2.30 bits per heavy atom. The van der Waals surface area contributed by atoms with Crippen molar-refractivity contribution in [3.8, 4) is 11.5 Å². The number of aromatic hydroxyl groups is 1. The molecule has 1 saturated heterocycles. The molecule has 0 bridgehead atoms. The molecule has 66 heavy (non-hydrogen) atoms. The molecule has 7 unspecified atom stereocenters. The molecule has 31 heteroatoms. The van der Waals surface area contributed by atoms with Gasteiger partial charge in [0.05, 0.1) is 25.1 Å². The van der Waals surface area contributed by atoms with Gasteiger partial charge in [0, 0.05) is 30.7 Å². The smallest absolute Gasteiger partial charge is 0.481 e. The van der Waals surface area contributed by atoms with Crippen LogP contribution in [-0.4, -0.2) is 134 Å². The summed E-state index contributed by atoms with van der Waals surface area (Å²) in [6, 6.07) is 11.7. The van der Waals surface area contributed by atoms with E-state index >= 15 is 0 Å². The fraction of sp³-hybridized carbons (Fsp3) is 0.400. The van der Waals surface area contributed by atoms with Crippen LogP contribution in [0.1, 0.15) is 47.2 Å². The van der Waals surface area contributed by atoms with Gasteiger partial charge in [-0.1, -0.05) is 49.9 Å². The number of nitrogens with zero attached hydrogens (tertiary/aromatic N) is 4. The Morgan fingerprint density at radius 1 is 0.939 bits per heavy atom. The van der Waals surface area contributed by atoms with Crippen LogP contribution >= 0.6 is 35.2 Å². The molecule has 0 saturated carbocycles. The van der Waals surface area contributed by atoms with Crippen LogP contribution in [0.3, 0.4) is 0 Å². The average molecular weight is 1010 g/mol. The number of imidazole rings is 1. The normalized spacial score (nSPS) is 19.9. The predicted octanol–water partition coefficient (Wildman–Crippen LogP) is 0.903. The lowest BCUT2D eigenvalue weighted by atomic mass is 9.87. The number of aliphatic hydroxyl groups excluding tert-OH is 2. The summed E-state index contributed by atoms with van der Waals surface area (Å²) in [5.41, 5.74) is 4.16. The van der Waals surface area contributed by atoms with Crippen molar-refractivity contribution in [3.63, 3.8) is 0 Å². The van der Waals surface area contributed by atoms with Crippen molar-refractivity contribution in [3.05, 3.63) is 72.3 Å². The number of aromatic nitrogens is 4. The van der Waals surface area contributed by atoms with E-state index in [1.54, 1.807) is 12.1 Å². The number of fused-ring (bicyclic) bond motifs is 1. The van der Waals surface area contributed by atoms with Crippen LogP contribution in [-0.2, 0) is 45.9 Å². The van der Waals surface area contributed by atoms with Crippen LogP contribution in [0, 0.1) is 5.41 Å². The van der Waals surface area contributed by atoms with E-state index in [2.05, 4.69) is 34.4 Å². The molecule has 3 heterocycles. The molecule has 1 fully saturated rings. The van der Waals surface area contributed by atoms with Gasteiger partial charge in [-0.15, -0.1) is 0 Å². The van der Waals surface area contributed by atoms with E-state index in [9.17, 15) is 67.8 Å². The molecule has 0 spiro atoms. The third kappa shape index (κ3) is 14.1. The number of nitrogens with one attached hydrogen (secondary N) is 2. The summed E-state index contributed by atoms with van der Waals surface area (Å²) < 4.78 is 67.7. The van der Waals surface area contributed by atoms with E-state index in [1.165, 1.54) is 50.2 Å². The quantitative estimate of drug-likeness (QED) is 0.0226. The second kappa shape index (κ2) is 21.9. The lowest BCUT2D eigenvalue weighted by molar-refractivity contribution is -0.137. The molecule has 0 aliphatic carbocycles.